The van der Waals surface area contributed by atoms with Crippen LogP contribution in [0.25, 0.3) is 17.3 Å². The van der Waals surface area contributed by atoms with Crippen molar-refractivity contribution in [2.75, 3.05) is 6.54 Å². The van der Waals surface area contributed by atoms with Gasteiger partial charge in [-0.05, 0) is 30.7 Å². The van der Waals surface area contributed by atoms with Gasteiger partial charge in [0.25, 0.3) is 0 Å². The normalized spacial score (nSPS) is 10.9. The Balaban J connectivity index is 2.13. The van der Waals surface area contributed by atoms with E-state index in [4.69, 9.17) is 5.73 Å². The maximum atomic E-state index is 5.43. The molecule has 0 aliphatic carbocycles. The Morgan fingerprint density at radius 2 is 1.88 bits per heavy atom. The van der Waals surface area contributed by atoms with E-state index in [1.54, 1.807) is 0 Å². The number of rotatable bonds is 4. The number of hydrogen-bond acceptors (Lipinski definition) is 2. The van der Waals surface area contributed by atoms with Gasteiger partial charge in [-0.1, -0.05) is 42.5 Å². The molecule has 0 spiro atoms. The average molecular weight is 224 g/mol. The van der Waals surface area contributed by atoms with Crippen LogP contribution in [-0.2, 0) is 0 Å². The maximum Gasteiger partial charge on any atom is 0.0701 e. The zero-order valence-electron chi connectivity index (χ0n) is 9.71. The summed E-state index contributed by atoms with van der Waals surface area (Å²) in [4.78, 5) is 4.32. The quantitative estimate of drug-likeness (QED) is 0.866. The highest BCUT2D eigenvalue weighted by atomic mass is 14.7. The van der Waals surface area contributed by atoms with Crippen molar-refractivity contribution in [3.8, 4) is 11.3 Å². The summed E-state index contributed by atoms with van der Waals surface area (Å²) in [6.45, 7) is 0.697. The van der Waals surface area contributed by atoms with E-state index >= 15 is 0 Å². The van der Waals surface area contributed by atoms with E-state index in [0.29, 0.717) is 6.54 Å². The summed E-state index contributed by atoms with van der Waals surface area (Å²) in [5.74, 6) is 0. The predicted octanol–water partition coefficient (Wildman–Crippen LogP) is 3.11. The molecule has 0 saturated carbocycles. The Kier molecular flexibility index (Phi) is 4.05. The summed E-state index contributed by atoms with van der Waals surface area (Å²) in [7, 11) is 0. The first-order valence-electron chi connectivity index (χ1n) is 5.78. The Hall–Kier alpha value is -1.93. The lowest BCUT2D eigenvalue weighted by Gasteiger charge is -2.00. The molecule has 2 nitrogen and oxygen atoms in total. The minimum Gasteiger partial charge on any atom is -0.330 e. The van der Waals surface area contributed by atoms with Crippen molar-refractivity contribution >= 4 is 6.08 Å². The number of pyridine rings is 1. The molecule has 1 aromatic heterocycles. The summed E-state index contributed by atoms with van der Waals surface area (Å²) in [5, 5.41) is 0. The number of aromatic nitrogens is 1. The van der Waals surface area contributed by atoms with Crippen LogP contribution in [0.3, 0.4) is 0 Å². The summed E-state index contributed by atoms with van der Waals surface area (Å²) >= 11 is 0. The van der Waals surface area contributed by atoms with Crippen molar-refractivity contribution in [1.29, 1.82) is 0 Å². The van der Waals surface area contributed by atoms with E-state index in [2.05, 4.69) is 41.4 Å². The Labute approximate surface area is 102 Å². The molecule has 0 bridgehead atoms. The molecule has 1 heterocycles. The van der Waals surface area contributed by atoms with Gasteiger partial charge >= 0.3 is 0 Å². The molecular formula is C15H16N2. The lowest BCUT2D eigenvalue weighted by Crippen LogP contribution is -1.94. The second kappa shape index (κ2) is 5.97. The van der Waals surface area contributed by atoms with Gasteiger partial charge in [0.15, 0.2) is 0 Å². The van der Waals surface area contributed by atoms with Crippen LogP contribution in [-0.4, -0.2) is 11.5 Å². The van der Waals surface area contributed by atoms with Gasteiger partial charge in [0, 0.05) is 11.8 Å². The fourth-order valence-electron chi connectivity index (χ4n) is 1.61. The minimum atomic E-state index is 0.697. The molecule has 0 amide bonds. The second-order valence-corrected chi connectivity index (χ2v) is 3.82. The van der Waals surface area contributed by atoms with Gasteiger partial charge in [0.2, 0.25) is 0 Å². The third-order valence-electron chi connectivity index (χ3n) is 2.51. The van der Waals surface area contributed by atoms with Crippen LogP contribution < -0.4 is 5.73 Å². The molecule has 0 aliphatic rings. The van der Waals surface area contributed by atoms with Crippen molar-refractivity contribution in [2.45, 2.75) is 6.42 Å². The zero-order chi connectivity index (χ0) is 11.9. The summed E-state index contributed by atoms with van der Waals surface area (Å²) in [5.41, 5.74) is 8.77. The molecule has 2 heteroatoms. The molecule has 0 unspecified atom stereocenters. The molecule has 2 aromatic rings. The lowest BCUT2D eigenvalue weighted by molar-refractivity contribution is 1.01. The Morgan fingerprint density at radius 1 is 1.06 bits per heavy atom. The molecule has 0 atom stereocenters. The highest BCUT2D eigenvalue weighted by Crippen LogP contribution is 2.17. The molecule has 0 aliphatic heterocycles. The first-order valence-corrected chi connectivity index (χ1v) is 5.78. The molecule has 17 heavy (non-hydrogen) atoms. The second-order valence-electron chi connectivity index (χ2n) is 3.82. The standard InChI is InChI=1S/C15H16N2/c16-11-3-1-5-13-7-9-14(10-8-13)15-6-2-4-12-17-15/h1-2,4-10,12H,3,11,16H2. The van der Waals surface area contributed by atoms with E-state index in [1.807, 2.05) is 24.4 Å². The first kappa shape index (κ1) is 11.6. The van der Waals surface area contributed by atoms with E-state index in [9.17, 15) is 0 Å². The van der Waals surface area contributed by atoms with E-state index in [0.717, 1.165) is 17.7 Å². The minimum absolute atomic E-state index is 0.697. The SMILES string of the molecule is NCCC=Cc1ccc(-c2ccccn2)cc1. The Bertz CT molecular complexity index is 472. The van der Waals surface area contributed by atoms with Gasteiger partial charge in [-0.2, -0.15) is 0 Å². The molecular weight excluding hydrogens is 208 g/mol. The van der Waals surface area contributed by atoms with Gasteiger partial charge in [0.1, 0.15) is 0 Å². The number of benzene rings is 1. The van der Waals surface area contributed by atoms with Crippen LogP contribution in [0.1, 0.15) is 12.0 Å². The number of hydrogen-bond donors (Lipinski definition) is 1. The first-order chi connectivity index (χ1) is 8.40. The molecule has 0 saturated heterocycles. The van der Waals surface area contributed by atoms with Gasteiger partial charge < -0.3 is 5.73 Å². The van der Waals surface area contributed by atoms with Crippen LogP contribution in [0.4, 0.5) is 0 Å². The molecule has 0 fully saturated rings. The third kappa shape index (κ3) is 3.26. The van der Waals surface area contributed by atoms with Gasteiger partial charge in [-0.3, -0.25) is 4.98 Å². The molecule has 2 N–H and O–H groups in total. The van der Waals surface area contributed by atoms with Gasteiger partial charge in [0.05, 0.1) is 5.69 Å². The summed E-state index contributed by atoms with van der Waals surface area (Å²) in [6.07, 6.45) is 6.91. The average Bonchev–Trinajstić information content (AvgIpc) is 2.41. The number of nitrogens with two attached hydrogens (primary N) is 1. The molecule has 0 radical (unpaired) electrons. The van der Waals surface area contributed by atoms with Crippen LogP contribution in [0, 0.1) is 0 Å². The van der Waals surface area contributed by atoms with Crippen LogP contribution in [0.5, 0.6) is 0 Å². The van der Waals surface area contributed by atoms with Gasteiger partial charge in [-0.25, -0.2) is 0 Å². The van der Waals surface area contributed by atoms with Crippen molar-refractivity contribution in [1.82, 2.24) is 4.98 Å². The van der Waals surface area contributed by atoms with Crippen LogP contribution in [0.2, 0.25) is 0 Å². The molecule has 86 valence electrons. The fourth-order valence-corrected chi connectivity index (χ4v) is 1.61. The van der Waals surface area contributed by atoms with Crippen LogP contribution in [0.15, 0.2) is 54.7 Å². The monoisotopic (exact) mass is 224 g/mol. The number of nitrogens with zero attached hydrogens (tertiary/aromatic N) is 1. The van der Waals surface area contributed by atoms with Gasteiger partial charge in [-0.15, -0.1) is 0 Å². The van der Waals surface area contributed by atoms with Crippen molar-refractivity contribution in [3.05, 3.63) is 60.3 Å². The smallest absolute Gasteiger partial charge is 0.0701 e. The molecule has 2 rings (SSSR count). The lowest BCUT2D eigenvalue weighted by atomic mass is 10.1. The van der Waals surface area contributed by atoms with E-state index in [1.165, 1.54) is 5.56 Å². The van der Waals surface area contributed by atoms with Crippen molar-refractivity contribution in [3.63, 3.8) is 0 Å². The van der Waals surface area contributed by atoms with Crippen molar-refractivity contribution in [2.24, 2.45) is 5.73 Å². The third-order valence-corrected chi connectivity index (χ3v) is 2.51. The predicted molar refractivity (Wildman–Crippen MR) is 72.4 cm³/mol. The van der Waals surface area contributed by atoms with E-state index in [-0.39, 0.29) is 0 Å². The largest absolute Gasteiger partial charge is 0.330 e. The highest BCUT2D eigenvalue weighted by molar-refractivity contribution is 5.62. The maximum absolute atomic E-state index is 5.43. The Morgan fingerprint density at radius 3 is 2.53 bits per heavy atom. The van der Waals surface area contributed by atoms with E-state index < -0.39 is 0 Å². The topological polar surface area (TPSA) is 38.9 Å². The van der Waals surface area contributed by atoms with Crippen molar-refractivity contribution < 1.29 is 0 Å². The summed E-state index contributed by atoms with van der Waals surface area (Å²) < 4.78 is 0. The zero-order valence-corrected chi connectivity index (χ0v) is 9.71. The fraction of sp³-hybridized carbons (Fsp3) is 0.133. The summed E-state index contributed by atoms with van der Waals surface area (Å²) in [6, 6.07) is 14.3. The molecule has 1 aromatic carbocycles. The van der Waals surface area contributed by atoms with Crippen LogP contribution >= 0.6 is 0 Å². The highest BCUT2D eigenvalue weighted by Gasteiger charge is 1.96.